The number of unbranched alkanes of at least 4 members (excludes halogenated alkanes) is 1. The van der Waals surface area contributed by atoms with Gasteiger partial charge in [-0.3, -0.25) is 18.7 Å². The van der Waals surface area contributed by atoms with Crippen LogP contribution >= 0.6 is 10.8 Å². The molecule has 0 bridgehead atoms. The van der Waals surface area contributed by atoms with Crippen molar-refractivity contribution in [2.24, 2.45) is 5.84 Å². The van der Waals surface area contributed by atoms with E-state index < -0.39 is 28.7 Å². The molecule has 8 N–H and O–H groups in total. The molecule has 0 aliphatic heterocycles. The summed E-state index contributed by atoms with van der Waals surface area (Å²) in [6.45, 7) is 0.580. The number of fused-ring (bicyclic) bond motifs is 1. The SMILES string of the molecule is N[N-]NCCCCC(=O)Nc1ccc(CC(NC(=O)c2cc3ccccc3n2S(O)(O)c2ccccc2)C(=O)O)cc1.[Y]. The number of aromatic nitrogens is 1. The number of amides is 2. The number of rotatable bonds is 14. The van der Waals surface area contributed by atoms with Gasteiger partial charge in [-0.25, -0.2) is 8.77 Å². The molecule has 1 atom stereocenters. The topological polar surface area (TPSA) is 193 Å². The van der Waals surface area contributed by atoms with Crippen molar-refractivity contribution in [1.82, 2.24) is 14.7 Å². The van der Waals surface area contributed by atoms with Gasteiger partial charge in [0.2, 0.25) is 5.91 Å². The van der Waals surface area contributed by atoms with E-state index in [2.05, 4.69) is 21.6 Å². The first-order chi connectivity index (χ1) is 20.2. The van der Waals surface area contributed by atoms with Crippen LogP contribution in [0.2, 0.25) is 0 Å². The van der Waals surface area contributed by atoms with E-state index in [1.165, 1.54) is 6.07 Å². The number of para-hydroxylation sites is 1. The molecule has 2 amide bonds. The fourth-order valence-corrected chi connectivity index (χ4v) is 6.02. The second-order valence-corrected chi connectivity index (χ2v) is 11.4. The number of benzene rings is 3. The van der Waals surface area contributed by atoms with Gasteiger partial charge in [0, 0.05) is 56.6 Å². The van der Waals surface area contributed by atoms with Crippen LogP contribution in [0, 0.1) is 0 Å². The average Bonchev–Trinajstić information content (AvgIpc) is 3.39. The fourth-order valence-electron chi connectivity index (χ4n) is 4.44. The number of anilines is 1. The quantitative estimate of drug-likeness (QED) is 0.0574. The fraction of sp³-hybridized carbons (Fsp3) is 0.207. The minimum atomic E-state index is -3.68. The molecule has 14 heteroatoms. The molecule has 12 nitrogen and oxygen atoms in total. The zero-order valence-electron chi connectivity index (χ0n) is 23.2. The largest absolute Gasteiger partial charge is 0.536 e. The number of hydrogen-bond acceptors (Lipinski definition) is 7. The number of nitrogens with one attached hydrogen (secondary N) is 3. The van der Waals surface area contributed by atoms with Gasteiger partial charge in [0.25, 0.3) is 5.91 Å². The summed E-state index contributed by atoms with van der Waals surface area (Å²) in [4.78, 5) is 38.0. The number of carboxylic acids is 1. The first kappa shape index (κ1) is 34.4. The summed E-state index contributed by atoms with van der Waals surface area (Å²) in [7, 11) is -3.68. The Hall–Kier alpha value is -3.14. The van der Waals surface area contributed by atoms with Crippen LogP contribution in [0.3, 0.4) is 0 Å². The third-order valence-corrected chi connectivity index (χ3v) is 8.34. The van der Waals surface area contributed by atoms with Crippen molar-refractivity contribution in [3.63, 3.8) is 0 Å². The molecule has 4 rings (SSSR count). The van der Waals surface area contributed by atoms with Gasteiger partial charge >= 0.3 is 5.97 Å². The normalized spacial score (nSPS) is 12.3. The summed E-state index contributed by atoms with van der Waals surface area (Å²) in [6, 6.07) is 21.9. The molecule has 1 aromatic heterocycles. The minimum Gasteiger partial charge on any atom is -0.536 e. The second kappa shape index (κ2) is 16.1. The Morgan fingerprint density at radius 3 is 2.28 bits per heavy atom. The van der Waals surface area contributed by atoms with Crippen molar-refractivity contribution in [2.75, 3.05) is 11.9 Å². The summed E-state index contributed by atoms with van der Waals surface area (Å²) >= 11 is 0. The number of hydrogen-bond donors (Lipinski definition) is 7. The molecule has 0 fully saturated rings. The summed E-state index contributed by atoms with van der Waals surface area (Å²) in [6.07, 6.45) is 1.68. The van der Waals surface area contributed by atoms with Crippen LogP contribution < -0.4 is 21.9 Å². The van der Waals surface area contributed by atoms with E-state index in [9.17, 15) is 28.6 Å². The van der Waals surface area contributed by atoms with Crippen LogP contribution in [0.1, 0.15) is 35.3 Å². The molecule has 1 heterocycles. The van der Waals surface area contributed by atoms with Crippen LogP contribution in [0.15, 0.2) is 89.8 Å². The predicted octanol–water partition coefficient (Wildman–Crippen LogP) is 4.50. The Balaban J connectivity index is 0.00000506. The first-order valence-corrected chi connectivity index (χ1v) is 14.7. The van der Waals surface area contributed by atoms with E-state index in [1.54, 1.807) is 78.9 Å². The van der Waals surface area contributed by atoms with E-state index >= 15 is 0 Å². The van der Waals surface area contributed by atoms with Crippen molar-refractivity contribution in [3.8, 4) is 0 Å². The molecule has 0 aliphatic carbocycles. The van der Waals surface area contributed by atoms with Crippen molar-refractivity contribution in [1.29, 1.82) is 0 Å². The Kier molecular flexibility index (Phi) is 12.8. The summed E-state index contributed by atoms with van der Waals surface area (Å²) < 4.78 is 23.7. The zero-order valence-corrected chi connectivity index (χ0v) is 26.9. The summed E-state index contributed by atoms with van der Waals surface area (Å²) in [5, 5.41) is 15.8. The number of nitrogens with two attached hydrogens (primary N) is 1. The number of carbonyl (C=O) groups is 3. The van der Waals surface area contributed by atoms with Crippen molar-refractivity contribution < 1.29 is 61.3 Å². The van der Waals surface area contributed by atoms with E-state index in [-0.39, 0.29) is 55.6 Å². The van der Waals surface area contributed by atoms with Crippen molar-refractivity contribution in [2.45, 2.75) is 36.6 Å². The Morgan fingerprint density at radius 2 is 1.60 bits per heavy atom. The molecular weight excluding hydrogens is 649 g/mol. The monoisotopic (exact) mass is 682 g/mol. The molecule has 4 aromatic rings. The average molecular weight is 683 g/mol. The number of aliphatic carboxylic acids is 1. The third-order valence-electron chi connectivity index (χ3n) is 6.53. The van der Waals surface area contributed by atoms with Crippen LogP contribution in [-0.2, 0) is 48.7 Å². The summed E-state index contributed by atoms with van der Waals surface area (Å²) in [5.74, 6) is 2.82. The van der Waals surface area contributed by atoms with Crippen LogP contribution in [0.4, 0.5) is 5.69 Å². The van der Waals surface area contributed by atoms with Crippen molar-refractivity contribution >= 4 is 45.1 Å². The maximum Gasteiger partial charge on any atom is 0.326 e. The molecule has 225 valence electrons. The van der Waals surface area contributed by atoms with Gasteiger partial charge in [-0.2, -0.15) is 0 Å². The van der Waals surface area contributed by atoms with Crippen LogP contribution in [0.5, 0.6) is 0 Å². The smallest absolute Gasteiger partial charge is 0.326 e. The van der Waals surface area contributed by atoms with Crippen molar-refractivity contribution in [3.05, 3.63) is 102 Å². The Labute approximate surface area is 275 Å². The van der Waals surface area contributed by atoms with Gasteiger partial charge in [0.15, 0.2) is 0 Å². The van der Waals surface area contributed by atoms with Gasteiger partial charge in [-0.1, -0.05) is 59.3 Å². The van der Waals surface area contributed by atoms with E-state index in [0.717, 1.165) is 10.4 Å². The standard InChI is InChI=1S/C29H33N6O6S.Y/c30-34-31-17-7-6-12-27(36)32-22-15-13-20(14-16-22)18-24(29(38)39)33-28(37)26-19-21-8-4-5-11-25(21)35(26)42(40,41)23-9-2-1-3-10-23;/h1-5,8-11,13-16,19,24,31,40-41H,6-7,12,17-18,30H2,(H,32,36)(H,33,37)(H,38,39);/q-1;. The van der Waals surface area contributed by atoms with E-state index in [1.807, 2.05) is 0 Å². The number of carboxylic acid groups (broad SMARTS) is 1. The van der Waals surface area contributed by atoms with Gasteiger partial charge in [-0.05, 0) is 61.3 Å². The number of carbonyl (C=O) groups excluding carboxylic acids is 2. The van der Waals surface area contributed by atoms with Gasteiger partial charge in [0.05, 0.1) is 10.4 Å². The Morgan fingerprint density at radius 1 is 0.930 bits per heavy atom. The van der Waals surface area contributed by atoms with E-state index in [4.69, 9.17) is 5.84 Å². The van der Waals surface area contributed by atoms with Crippen LogP contribution in [0.25, 0.3) is 16.4 Å². The molecule has 43 heavy (non-hydrogen) atoms. The number of nitrogens with zero attached hydrogens (tertiary/aromatic N) is 2. The predicted molar refractivity (Wildman–Crippen MR) is 162 cm³/mol. The zero-order chi connectivity index (χ0) is 30.1. The minimum absolute atomic E-state index is 0. The van der Waals surface area contributed by atoms with Gasteiger partial charge < -0.3 is 32.5 Å². The van der Waals surface area contributed by atoms with Gasteiger partial charge in [0.1, 0.15) is 11.7 Å². The second-order valence-electron chi connectivity index (χ2n) is 9.52. The van der Waals surface area contributed by atoms with Gasteiger partial charge in [-0.15, -0.1) is 0 Å². The molecule has 0 aliphatic rings. The molecule has 0 saturated heterocycles. The molecule has 3 aromatic carbocycles. The molecular formula is C29H33N6O6SY-. The molecule has 1 unspecified atom stereocenters. The maximum atomic E-state index is 13.5. The molecule has 0 saturated carbocycles. The molecule has 0 spiro atoms. The first-order valence-electron chi connectivity index (χ1n) is 13.2. The maximum absolute atomic E-state index is 13.5. The van der Waals surface area contributed by atoms with Crippen LogP contribution in [-0.4, -0.2) is 48.6 Å². The Bertz CT molecular complexity index is 1530. The third kappa shape index (κ3) is 8.94. The summed E-state index contributed by atoms with van der Waals surface area (Å²) in [5.41, 5.74) is 7.43. The molecule has 1 radical (unpaired) electrons. The van der Waals surface area contributed by atoms with E-state index in [0.29, 0.717) is 41.5 Å².